The Morgan fingerprint density at radius 2 is 1.18 bits per heavy atom. The molecule has 0 radical (unpaired) electrons. The lowest BCUT2D eigenvalue weighted by Crippen LogP contribution is -2.02. The summed E-state index contributed by atoms with van der Waals surface area (Å²) in [5, 5.41) is 4.75. The number of nitrogens with zero attached hydrogens (tertiary/aromatic N) is 2. The SMILES string of the molecule is Fc1ccc(-n2nc(-c3ccc(OC(F)F)cc3)c(Cl)c2-c2ccc(OC(F)F)cc2)cc1. The van der Waals surface area contributed by atoms with E-state index in [0.29, 0.717) is 28.2 Å². The third kappa shape index (κ3) is 5.09. The Morgan fingerprint density at radius 1 is 0.697 bits per heavy atom. The Labute approximate surface area is 189 Å². The van der Waals surface area contributed by atoms with Crippen LogP contribution in [0.25, 0.3) is 28.2 Å². The Hall–Kier alpha value is -3.59. The van der Waals surface area contributed by atoms with Crippen molar-refractivity contribution >= 4 is 11.6 Å². The first-order chi connectivity index (χ1) is 15.8. The molecule has 4 rings (SSSR count). The Kier molecular flexibility index (Phi) is 6.50. The molecule has 1 aromatic heterocycles. The number of aromatic nitrogens is 2. The van der Waals surface area contributed by atoms with Gasteiger partial charge < -0.3 is 9.47 Å². The number of ether oxygens (including phenoxy) is 2. The second-order valence-corrected chi connectivity index (χ2v) is 7.08. The average molecular weight is 481 g/mol. The van der Waals surface area contributed by atoms with Crippen molar-refractivity contribution in [3.63, 3.8) is 0 Å². The predicted molar refractivity (Wildman–Crippen MR) is 113 cm³/mol. The van der Waals surface area contributed by atoms with Crippen molar-refractivity contribution in [1.82, 2.24) is 9.78 Å². The normalized spacial score (nSPS) is 11.3. The molecule has 4 aromatic rings. The van der Waals surface area contributed by atoms with E-state index in [1.807, 2.05) is 0 Å². The van der Waals surface area contributed by atoms with Gasteiger partial charge >= 0.3 is 13.2 Å². The fraction of sp³-hybridized carbons (Fsp3) is 0.0870. The van der Waals surface area contributed by atoms with Gasteiger partial charge in [-0.2, -0.15) is 22.7 Å². The van der Waals surface area contributed by atoms with Gasteiger partial charge in [-0.3, -0.25) is 0 Å². The molecule has 4 nitrogen and oxygen atoms in total. The molecule has 170 valence electrons. The summed E-state index contributed by atoms with van der Waals surface area (Å²) in [5.74, 6) is -0.507. The molecule has 0 atom stereocenters. The van der Waals surface area contributed by atoms with Crippen LogP contribution < -0.4 is 9.47 Å². The van der Waals surface area contributed by atoms with Crippen LogP contribution in [-0.2, 0) is 0 Å². The zero-order valence-corrected chi connectivity index (χ0v) is 17.3. The first kappa shape index (κ1) is 22.6. The van der Waals surface area contributed by atoms with Gasteiger partial charge in [0.2, 0.25) is 0 Å². The van der Waals surface area contributed by atoms with Gasteiger partial charge in [0.25, 0.3) is 0 Å². The summed E-state index contributed by atoms with van der Waals surface area (Å²) in [4.78, 5) is 0. The molecule has 0 aliphatic heterocycles. The highest BCUT2D eigenvalue weighted by molar-refractivity contribution is 6.35. The molecule has 0 saturated heterocycles. The van der Waals surface area contributed by atoms with E-state index in [-0.39, 0.29) is 16.5 Å². The molecule has 33 heavy (non-hydrogen) atoms. The molecule has 0 fully saturated rings. The van der Waals surface area contributed by atoms with Gasteiger partial charge in [0, 0.05) is 11.1 Å². The molecule has 0 bridgehead atoms. The highest BCUT2D eigenvalue weighted by atomic mass is 35.5. The van der Waals surface area contributed by atoms with Gasteiger partial charge in [-0.25, -0.2) is 9.07 Å². The van der Waals surface area contributed by atoms with E-state index >= 15 is 0 Å². The molecule has 1 heterocycles. The summed E-state index contributed by atoms with van der Waals surface area (Å²) in [5.41, 5.74) is 2.27. The largest absolute Gasteiger partial charge is 0.435 e. The minimum Gasteiger partial charge on any atom is -0.435 e. The van der Waals surface area contributed by atoms with E-state index in [2.05, 4.69) is 14.6 Å². The van der Waals surface area contributed by atoms with Crippen molar-refractivity contribution in [2.75, 3.05) is 0 Å². The second kappa shape index (κ2) is 9.50. The van der Waals surface area contributed by atoms with Crippen LogP contribution in [0.3, 0.4) is 0 Å². The number of rotatable bonds is 7. The molecule has 0 N–H and O–H groups in total. The number of alkyl halides is 4. The second-order valence-electron chi connectivity index (χ2n) is 6.71. The van der Waals surface area contributed by atoms with Gasteiger partial charge in [0.05, 0.1) is 16.4 Å². The van der Waals surface area contributed by atoms with E-state index in [4.69, 9.17) is 11.6 Å². The fourth-order valence-corrected chi connectivity index (χ4v) is 3.53. The first-order valence-corrected chi connectivity index (χ1v) is 9.84. The third-order valence-corrected chi connectivity index (χ3v) is 4.96. The summed E-state index contributed by atoms with van der Waals surface area (Å²) in [6.45, 7) is -5.92. The minimum absolute atomic E-state index is 0.0299. The fourth-order valence-electron chi connectivity index (χ4n) is 3.19. The van der Waals surface area contributed by atoms with Gasteiger partial charge in [-0.05, 0) is 72.8 Å². The highest BCUT2D eigenvalue weighted by Crippen LogP contribution is 2.39. The van der Waals surface area contributed by atoms with E-state index in [0.717, 1.165) is 0 Å². The number of benzene rings is 3. The van der Waals surface area contributed by atoms with Crippen LogP contribution in [0.4, 0.5) is 22.0 Å². The third-order valence-electron chi connectivity index (χ3n) is 4.60. The van der Waals surface area contributed by atoms with E-state index in [9.17, 15) is 22.0 Å². The van der Waals surface area contributed by atoms with Crippen LogP contribution in [0.5, 0.6) is 11.5 Å². The van der Waals surface area contributed by atoms with Crippen LogP contribution in [0.1, 0.15) is 0 Å². The molecule has 0 unspecified atom stereocenters. The minimum atomic E-state index is -2.96. The molecule has 3 aromatic carbocycles. The van der Waals surface area contributed by atoms with Crippen LogP contribution in [-0.4, -0.2) is 23.0 Å². The quantitative estimate of drug-likeness (QED) is 0.262. The van der Waals surface area contributed by atoms with Crippen LogP contribution in [0, 0.1) is 5.82 Å². The average Bonchev–Trinajstić information content (AvgIpc) is 3.12. The van der Waals surface area contributed by atoms with Crippen LogP contribution >= 0.6 is 11.6 Å². The van der Waals surface area contributed by atoms with Gasteiger partial charge in [0.15, 0.2) is 0 Å². The summed E-state index contributed by atoms with van der Waals surface area (Å²) < 4.78 is 73.5. The lowest BCUT2D eigenvalue weighted by atomic mass is 10.1. The van der Waals surface area contributed by atoms with Gasteiger partial charge in [0.1, 0.15) is 23.0 Å². The monoisotopic (exact) mass is 480 g/mol. The molecular weight excluding hydrogens is 467 g/mol. The van der Waals surface area contributed by atoms with Crippen molar-refractivity contribution < 1.29 is 31.4 Å². The van der Waals surface area contributed by atoms with Crippen molar-refractivity contribution in [3.8, 4) is 39.7 Å². The molecule has 0 aliphatic carbocycles. The Bertz CT molecular complexity index is 1230. The summed E-state index contributed by atoms with van der Waals surface area (Å²) in [7, 11) is 0. The van der Waals surface area contributed by atoms with Gasteiger partial charge in [-0.1, -0.05) is 11.6 Å². The summed E-state index contributed by atoms with van der Waals surface area (Å²) in [6.07, 6.45) is 0. The number of hydrogen-bond acceptors (Lipinski definition) is 3. The van der Waals surface area contributed by atoms with E-state index < -0.39 is 19.0 Å². The molecule has 0 spiro atoms. The summed E-state index contributed by atoms with van der Waals surface area (Å²) >= 11 is 6.67. The van der Waals surface area contributed by atoms with Gasteiger partial charge in [-0.15, -0.1) is 0 Å². The van der Waals surface area contributed by atoms with E-state index in [1.165, 1.54) is 77.5 Å². The zero-order valence-electron chi connectivity index (χ0n) is 16.6. The summed E-state index contributed by atoms with van der Waals surface area (Å²) in [6, 6.07) is 17.0. The predicted octanol–water partition coefficient (Wildman–Crippen LogP) is 7.20. The van der Waals surface area contributed by atoms with Crippen molar-refractivity contribution in [2.24, 2.45) is 0 Å². The molecule has 0 amide bonds. The molecular formula is C23H14ClF5N2O2. The van der Waals surface area contributed by atoms with Crippen LogP contribution in [0.2, 0.25) is 5.02 Å². The maximum Gasteiger partial charge on any atom is 0.387 e. The smallest absolute Gasteiger partial charge is 0.387 e. The lowest BCUT2D eigenvalue weighted by molar-refractivity contribution is -0.0505. The van der Waals surface area contributed by atoms with E-state index in [1.54, 1.807) is 0 Å². The van der Waals surface area contributed by atoms with Crippen LogP contribution in [0.15, 0.2) is 72.8 Å². The Balaban J connectivity index is 1.80. The number of hydrogen-bond donors (Lipinski definition) is 0. The highest BCUT2D eigenvalue weighted by Gasteiger charge is 2.21. The van der Waals surface area contributed by atoms with Crippen molar-refractivity contribution in [1.29, 1.82) is 0 Å². The number of halogens is 6. The standard InChI is InChI=1S/C23H14ClF5N2O2/c24-19-20(13-1-9-17(10-2-13)32-22(26)27)30-31(16-7-5-15(25)6-8-16)21(19)14-3-11-18(12-4-14)33-23(28)29/h1-12,22-23H. The first-order valence-electron chi connectivity index (χ1n) is 9.47. The molecule has 0 aliphatic rings. The Morgan fingerprint density at radius 3 is 1.67 bits per heavy atom. The zero-order chi connectivity index (χ0) is 23.5. The van der Waals surface area contributed by atoms with Crippen molar-refractivity contribution in [2.45, 2.75) is 13.2 Å². The molecule has 0 saturated carbocycles. The topological polar surface area (TPSA) is 36.3 Å². The maximum absolute atomic E-state index is 13.5. The maximum atomic E-state index is 13.5. The van der Waals surface area contributed by atoms with Crippen molar-refractivity contribution in [3.05, 3.63) is 83.6 Å². The lowest BCUT2D eigenvalue weighted by Gasteiger charge is -2.09. The molecule has 10 heteroatoms.